The number of rotatable bonds is 4. The van der Waals surface area contributed by atoms with E-state index in [4.69, 9.17) is 0 Å². The van der Waals surface area contributed by atoms with Crippen molar-refractivity contribution in [3.8, 4) is 0 Å². The molecular formula is C14H21N5OS. The van der Waals surface area contributed by atoms with Crippen molar-refractivity contribution in [1.29, 1.82) is 0 Å². The van der Waals surface area contributed by atoms with Crippen LogP contribution in [-0.4, -0.2) is 20.8 Å². The number of amides is 2. The monoisotopic (exact) mass is 307 g/mol. The van der Waals surface area contributed by atoms with E-state index in [9.17, 15) is 4.79 Å². The molecule has 2 heterocycles. The fourth-order valence-electron chi connectivity index (χ4n) is 1.70. The maximum atomic E-state index is 11.7. The summed E-state index contributed by atoms with van der Waals surface area (Å²) < 4.78 is 1.71. The first-order valence-corrected chi connectivity index (χ1v) is 7.66. The van der Waals surface area contributed by atoms with Crippen molar-refractivity contribution in [2.24, 2.45) is 7.05 Å². The molecule has 2 aromatic rings. The zero-order valence-corrected chi connectivity index (χ0v) is 13.6. The van der Waals surface area contributed by atoms with Gasteiger partial charge in [-0.25, -0.2) is 9.78 Å². The molecule has 2 amide bonds. The van der Waals surface area contributed by atoms with Crippen molar-refractivity contribution in [3.63, 3.8) is 0 Å². The lowest BCUT2D eigenvalue weighted by Crippen LogP contribution is -2.34. The van der Waals surface area contributed by atoms with Crippen molar-refractivity contribution in [2.75, 3.05) is 0 Å². The molecule has 0 unspecified atom stereocenters. The predicted octanol–water partition coefficient (Wildman–Crippen LogP) is 2.17. The molecule has 6 nitrogen and oxygen atoms in total. The largest absolute Gasteiger partial charge is 0.334 e. The van der Waals surface area contributed by atoms with Crippen LogP contribution < -0.4 is 10.6 Å². The van der Waals surface area contributed by atoms with Crippen LogP contribution in [0.5, 0.6) is 0 Å². The molecule has 0 aromatic carbocycles. The number of nitrogens with zero attached hydrogens (tertiary/aromatic N) is 3. The van der Waals surface area contributed by atoms with Crippen LogP contribution in [0.1, 0.15) is 37.0 Å². The number of nitrogens with one attached hydrogen (secondary N) is 2. The van der Waals surface area contributed by atoms with E-state index < -0.39 is 0 Å². The minimum absolute atomic E-state index is 0.0390. The van der Waals surface area contributed by atoms with Crippen molar-refractivity contribution in [1.82, 2.24) is 25.4 Å². The summed E-state index contributed by atoms with van der Waals surface area (Å²) in [5.41, 5.74) is 2.06. The Hall–Kier alpha value is -1.89. The van der Waals surface area contributed by atoms with Gasteiger partial charge in [0.1, 0.15) is 5.01 Å². The number of urea groups is 1. The maximum Gasteiger partial charge on any atom is 0.315 e. The molecule has 0 bridgehead atoms. The Morgan fingerprint density at radius 3 is 2.62 bits per heavy atom. The standard InChI is InChI=1S/C14H21N5OS/c1-14(2,3)11-9-21-12(18-11)7-16-13(20)15-5-10-6-17-19(4)8-10/h6,8-9H,5,7H2,1-4H3,(H2,15,16,20). The number of carbonyl (C=O) groups excluding carboxylic acids is 1. The summed E-state index contributed by atoms with van der Waals surface area (Å²) in [6, 6.07) is -0.202. The van der Waals surface area contributed by atoms with Crippen LogP contribution in [0.3, 0.4) is 0 Å². The summed E-state index contributed by atoms with van der Waals surface area (Å²) in [7, 11) is 1.85. The lowest BCUT2D eigenvalue weighted by molar-refractivity contribution is 0.240. The van der Waals surface area contributed by atoms with E-state index in [1.807, 2.05) is 18.6 Å². The molecule has 7 heteroatoms. The number of aryl methyl sites for hydroxylation is 1. The molecule has 0 aliphatic heterocycles. The number of aromatic nitrogens is 3. The Morgan fingerprint density at radius 2 is 2.05 bits per heavy atom. The van der Waals surface area contributed by atoms with Gasteiger partial charge in [0.15, 0.2) is 0 Å². The number of carbonyl (C=O) groups is 1. The fourth-order valence-corrected chi connectivity index (χ4v) is 2.66. The van der Waals surface area contributed by atoms with Crippen molar-refractivity contribution >= 4 is 17.4 Å². The summed E-state index contributed by atoms with van der Waals surface area (Å²) in [6.07, 6.45) is 3.60. The molecule has 0 atom stereocenters. The molecule has 0 saturated heterocycles. The Bertz CT molecular complexity index is 611. The van der Waals surface area contributed by atoms with Gasteiger partial charge in [0.05, 0.1) is 18.4 Å². The number of hydrogen-bond acceptors (Lipinski definition) is 4. The van der Waals surface area contributed by atoms with Crippen molar-refractivity contribution < 1.29 is 4.79 Å². The predicted molar refractivity (Wildman–Crippen MR) is 83.1 cm³/mol. The Balaban J connectivity index is 1.77. The van der Waals surface area contributed by atoms with Crippen LogP contribution >= 0.6 is 11.3 Å². The van der Waals surface area contributed by atoms with E-state index in [2.05, 4.69) is 41.5 Å². The third kappa shape index (κ3) is 4.56. The first-order valence-electron chi connectivity index (χ1n) is 6.79. The minimum Gasteiger partial charge on any atom is -0.334 e. The number of hydrogen-bond donors (Lipinski definition) is 2. The average molecular weight is 307 g/mol. The van der Waals surface area contributed by atoms with Gasteiger partial charge in [-0.15, -0.1) is 11.3 Å². The SMILES string of the molecule is Cn1cc(CNC(=O)NCc2nc(C(C)(C)C)cs2)cn1. The summed E-state index contributed by atoms with van der Waals surface area (Å²) in [5.74, 6) is 0. The third-order valence-electron chi connectivity index (χ3n) is 2.93. The molecule has 0 aliphatic rings. The highest BCUT2D eigenvalue weighted by atomic mass is 32.1. The van der Waals surface area contributed by atoms with E-state index >= 15 is 0 Å². The van der Waals surface area contributed by atoms with Gasteiger partial charge in [0, 0.05) is 36.1 Å². The Morgan fingerprint density at radius 1 is 1.33 bits per heavy atom. The molecule has 0 spiro atoms. The highest BCUT2D eigenvalue weighted by Crippen LogP contribution is 2.23. The Kier molecular flexibility index (Phi) is 4.62. The van der Waals surface area contributed by atoms with E-state index in [1.54, 1.807) is 22.2 Å². The van der Waals surface area contributed by atoms with Crippen molar-refractivity contribution in [2.45, 2.75) is 39.3 Å². The van der Waals surface area contributed by atoms with Gasteiger partial charge in [0.25, 0.3) is 0 Å². The van der Waals surface area contributed by atoms with Gasteiger partial charge in [-0.05, 0) is 0 Å². The second kappa shape index (κ2) is 6.26. The zero-order valence-electron chi connectivity index (χ0n) is 12.8. The maximum absolute atomic E-state index is 11.7. The summed E-state index contributed by atoms with van der Waals surface area (Å²) in [4.78, 5) is 16.3. The molecule has 0 saturated carbocycles. The average Bonchev–Trinajstić information content (AvgIpc) is 3.02. The van der Waals surface area contributed by atoms with Gasteiger partial charge in [-0.3, -0.25) is 4.68 Å². The van der Waals surface area contributed by atoms with Gasteiger partial charge >= 0.3 is 6.03 Å². The van der Waals surface area contributed by atoms with Crippen molar-refractivity contribution in [3.05, 3.63) is 34.0 Å². The molecule has 114 valence electrons. The molecule has 2 N–H and O–H groups in total. The topological polar surface area (TPSA) is 71.8 Å². The smallest absolute Gasteiger partial charge is 0.315 e. The second-order valence-corrected chi connectivity index (χ2v) is 6.88. The van der Waals surface area contributed by atoms with Gasteiger partial charge in [-0.1, -0.05) is 20.8 Å². The summed E-state index contributed by atoms with van der Waals surface area (Å²) in [5, 5.41) is 12.6. The molecule has 2 rings (SSSR count). The highest BCUT2D eigenvalue weighted by molar-refractivity contribution is 7.09. The molecule has 0 aliphatic carbocycles. The first-order chi connectivity index (χ1) is 9.84. The van der Waals surface area contributed by atoms with Crippen LogP contribution in [0.25, 0.3) is 0 Å². The van der Waals surface area contributed by atoms with Crippen LogP contribution in [0.4, 0.5) is 4.79 Å². The van der Waals surface area contributed by atoms with E-state index in [0.29, 0.717) is 13.1 Å². The van der Waals surface area contributed by atoms with Gasteiger partial charge in [0.2, 0.25) is 0 Å². The Labute approximate surface area is 128 Å². The van der Waals surface area contributed by atoms with Crippen LogP contribution in [0.15, 0.2) is 17.8 Å². The lowest BCUT2D eigenvalue weighted by Gasteiger charge is -2.14. The van der Waals surface area contributed by atoms with E-state index in [0.717, 1.165) is 16.3 Å². The third-order valence-corrected chi connectivity index (χ3v) is 3.78. The first kappa shape index (κ1) is 15.5. The van der Waals surface area contributed by atoms with Crippen LogP contribution in [0, 0.1) is 0 Å². The van der Waals surface area contributed by atoms with Crippen LogP contribution in [-0.2, 0) is 25.6 Å². The summed E-state index contributed by atoms with van der Waals surface area (Å²) >= 11 is 1.57. The molecule has 2 aromatic heterocycles. The molecule has 0 radical (unpaired) electrons. The number of thiazole rings is 1. The summed E-state index contributed by atoms with van der Waals surface area (Å²) in [6.45, 7) is 7.28. The van der Waals surface area contributed by atoms with E-state index in [-0.39, 0.29) is 11.4 Å². The molecular weight excluding hydrogens is 286 g/mol. The second-order valence-electron chi connectivity index (χ2n) is 5.93. The molecule has 0 fully saturated rings. The fraction of sp³-hybridized carbons (Fsp3) is 0.500. The minimum atomic E-state index is -0.202. The van der Waals surface area contributed by atoms with Gasteiger partial charge < -0.3 is 10.6 Å². The molecule has 21 heavy (non-hydrogen) atoms. The lowest BCUT2D eigenvalue weighted by atomic mass is 9.93. The highest BCUT2D eigenvalue weighted by Gasteiger charge is 2.17. The van der Waals surface area contributed by atoms with Crippen LogP contribution in [0.2, 0.25) is 0 Å². The van der Waals surface area contributed by atoms with Gasteiger partial charge in [-0.2, -0.15) is 5.10 Å². The normalized spacial score (nSPS) is 11.4. The van der Waals surface area contributed by atoms with E-state index in [1.165, 1.54) is 0 Å². The zero-order chi connectivity index (χ0) is 15.5. The quantitative estimate of drug-likeness (QED) is 0.909.